The Morgan fingerprint density at radius 3 is 1.88 bits per heavy atom. The fraction of sp³-hybridized carbons (Fsp3) is 0.571. The molecule has 1 aromatic rings. The van der Waals surface area contributed by atoms with Gasteiger partial charge in [-0.25, -0.2) is 0 Å². The molecule has 1 aromatic carbocycles. The van der Waals surface area contributed by atoms with Gasteiger partial charge in [0, 0.05) is 12.0 Å². The summed E-state index contributed by atoms with van der Waals surface area (Å²) in [6.07, 6.45) is 0. The highest BCUT2D eigenvalue weighted by atomic mass is 16.3. The van der Waals surface area contributed by atoms with E-state index < -0.39 is 5.60 Å². The van der Waals surface area contributed by atoms with Crippen molar-refractivity contribution in [3.05, 3.63) is 34.9 Å². The first-order valence-electron chi connectivity index (χ1n) is 5.72. The van der Waals surface area contributed by atoms with Crippen LogP contribution >= 0.6 is 0 Å². The Labute approximate surface area is 98.5 Å². The number of rotatable bonds is 3. The maximum absolute atomic E-state index is 10.7. The third-order valence-corrected chi connectivity index (χ3v) is 3.61. The van der Waals surface area contributed by atoms with Gasteiger partial charge in [0.05, 0.1) is 5.60 Å². The third kappa shape index (κ3) is 2.28. The molecule has 16 heavy (non-hydrogen) atoms. The number of hydrogen-bond donors (Lipinski definition) is 2. The second-order valence-corrected chi connectivity index (χ2v) is 5.54. The summed E-state index contributed by atoms with van der Waals surface area (Å²) in [6.45, 7) is 10.4. The number of hydrogen-bond acceptors (Lipinski definition) is 2. The molecule has 1 rings (SSSR count). The van der Waals surface area contributed by atoms with E-state index in [1.54, 1.807) is 0 Å². The van der Waals surface area contributed by atoms with Gasteiger partial charge in [0.1, 0.15) is 0 Å². The molecule has 1 unspecified atom stereocenters. The molecule has 3 N–H and O–H groups in total. The molecule has 0 aliphatic rings. The normalized spacial score (nSPS) is 15.9. The van der Waals surface area contributed by atoms with Crippen LogP contribution < -0.4 is 5.73 Å². The number of nitrogens with two attached hydrogens (primary N) is 1. The van der Waals surface area contributed by atoms with Crippen molar-refractivity contribution in [3.8, 4) is 0 Å². The molecule has 0 amide bonds. The number of aryl methyl sites for hydroxylation is 2. The molecule has 1 atom stereocenters. The molecule has 0 aromatic heterocycles. The summed E-state index contributed by atoms with van der Waals surface area (Å²) in [7, 11) is 0. The highest BCUT2D eigenvalue weighted by Crippen LogP contribution is 2.39. The van der Waals surface area contributed by atoms with Crippen molar-refractivity contribution in [2.24, 2.45) is 11.1 Å². The molecule has 0 aliphatic carbocycles. The van der Waals surface area contributed by atoms with Crippen molar-refractivity contribution < 1.29 is 5.11 Å². The van der Waals surface area contributed by atoms with Crippen molar-refractivity contribution >= 4 is 0 Å². The molecule has 0 radical (unpaired) electrons. The lowest BCUT2D eigenvalue weighted by atomic mass is 9.71. The standard InChI is InChI=1S/C14H23NO/c1-10-6-11(2)8-12(7-10)14(5,16)13(3,4)9-15/h6-8,16H,9,15H2,1-5H3. The summed E-state index contributed by atoms with van der Waals surface area (Å²) in [5.41, 5.74) is 7.79. The molecule has 0 spiro atoms. The molecule has 2 nitrogen and oxygen atoms in total. The van der Waals surface area contributed by atoms with Crippen LogP contribution in [0.25, 0.3) is 0 Å². The predicted octanol–water partition coefficient (Wildman–Crippen LogP) is 2.50. The Morgan fingerprint density at radius 1 is 1.06 bits per heavy atom. The first-order valence-corrected chi connectivity index (χ1v) is 5.72. The summed E-state index contributed by atoms with van der Waals surface area (Å²) >= 11 is 0. The Bertz CT molecular complexity index is 360. The van der Waals surface area contributed by atoms with Gasteiger partial charge in [-0.3, -0.25) is 0 Å². The average molecular weight is 221 g/mol. The molecular weight excluding hydrogens is 198 g/mol. The Balaban J connectivity index is 3.26. The van der Waals surface area contributed by atoms with E-state index in [9.17, 15) is 5.11 Å². The average Bonchev–Trinajstić information content (AvgIpc) is 2.16. The summed E-state index contributed by atoms with van der Waals surface area (Å²) in [5, 5.41) is 10.7. The van der Waals surface area contributed by atoms with E-state index in [1.807, 2.05) is 46.8 Å². The first kappa shape index (κ1) is 13.2. The van der Waals surface area contributed by atoms with E-state index in [4.69, 9.17) is 5.73 Å². The van der Waals surface area contributed by atoms with Gasteiger partial charge in [-0.05, 0) is 26.3 Å². The zero-order valence-corrected chi connectivity index (χ0v) is 11.0. The van der Waals surface area contributed by atoms with Crippen LogP contribution in [-0.4, -0.2) is 11.7 Å². The molecule has 0 bridgehead atoms. The smallest absolute Gasteiger partial charge is 0.0931 e. The van der Waals surface area contributed by atoms with Crippen molar-refractivity contribution in [1.82, 2.24) is 0 Å². The van der Waals surface area contributed by atoms with E-state index in [0.29, 0.717) is 6.54 Å². The minimum absolute atomic E-state index is 0.340. The third-order valence-electron chi connectivity index (χ3n) is 3.61. The van der Waals surface area contributed by atoms with E-state index in [-0.39, 0.29) is 5.41 Å². The van der Waals surface area contributed by atoms with Crippen molar-refractivity contribution in [2.45, 2.75) is 40.2 Å². The Kier molecular flexibility index (Phi) is 3.46. The Hall–Kier alpha value is -0.860. The monoisotopic (exact) mass is 221 g/mol. The van der Waals surface area contributed by atoms with Gasteiger partial charge in [-0.15, -0.1) is 0 Å². The topological polar surface area (TPSA) is 46.2 Å². The van der Waals surface area contributed by atoms with Crippen LogP contribution in [0.4, 0.5) is 0 Å². The van der Waals surface area contributed by atoms with Gasteiger partial charge < -0.3 is 10.8 Å². The van der Waals surface area contributed by atoms with Gasteiger partial charge >= 0.3 is 0 Å². The van der Waals surface area contributed by atoms with E-state index in [2.05, 4.69) is 6.07 Å². The minimum atomic E-state index is -0.904. The van der Waals surface area contributed by atoms with Crippen LogP contribution in [0, 0.1) is 19.3 Å². The zero-order valence-electron chi connectivity index (χ0n) is 11.0. The molecule has 0 fully saturated rings. The first-order chi connectivity index (χ1) is 7.20. The van der Waals surface area contributed by atoms with Crippen LogP contribution in [0.3, 0.4) is 0 Å². The molecule has 0 saturated heterocycles. The number of aliphatic hydroxyl groups is 1. The van der Waals surface area contributed by atoms with Crippen molar-refractivity contribution in [3.63, 3.8) is 0 Å². The summed E-state index contributed by atoms with van der Waals surface area (Å²) in [6, 6.07) is 6.17. The lowest BCUT2D eigenvalue weighted by Gasteiger charge is -2.40. The quantitative estimate of drug-likeness (QED) is 0.823. The maximum atomic E-state index is 10.7. The van der Waals surface area contributed by atoms with E-state index in [1.165, 1.54) is 11.1 Å². The fourth-order valence-corrected chi connectivity index (χ4v) is 1.85. The van der Waals surface area contributed by atoms with Crippen molar-refractivity contribution in [2.75, 3.05) is 6.54 Å². The largest absolute Gasteiger partial charge is 0.385 e. The van der Waals surface area contributed by atoms with Gasteiger partial charge in [-0.1, -0.05) is 43.2 Å². The molecule has 0 saturated carbocycles. The fourth-order valence-electron chi connectivity index (χ4n) is 1.85. The van der Waals surface area contributed by atoms with Gasteiger partial charge in [0.25, 0.3) is 0 Å². The molecule has 2 heteroatoms. The van der Waals surface area contributed by atoms with Crippen LogP contribution in [0.5, 0.6) is 0 Å². The lowest BCUT2D eigenvalue weighted by molar-refractivity contribution is -0.0522. The summed E-state index contributed by atoms with van der Waals surface area (Å²) in [5.74, 6) is 0. The minimum Gasteiger partial charge on any atom is -0.385 e. The second-order valence-electron chi connectivity index (χ2n) is 5.54. The lowest BCUT2D eigenvalue weighted by Crippen LogP contribution is -2.44. The molecule has 0 aliphatic heterocycles. The molecule has 0 heterocycles. The molecular formula is C14H23NO. The highest BCUT2D eigenvalue weighted by molar-refractivity contribution is 5.33. The van der Waals surface area contributed by atoms with E-state index >= 15 is 0 Å². The number of benzene rings is 1. The SMILES string of the molecule is Cc1cc(C)cc(C(C)(O)C(C)(C)CN)c1. The molecule has 90 valence electrons. The summed E-state index contributed by atoms with van der Waals surface area (Å²) in [4.78, 5) is 0. The zero-order chi connectivity index (χ0) is 12.6. The van der Waals surface area contributed by atoms with Gasteiger partial charge in [0.2, 0.25) is 0 Å². The maximum Gasteiger partial charge on any atom is 0.0931 e. The second kappa shape index (κ2) is 4.19. The van der Waals surface area contributed by atoms with Gasteiger partial charge in [-0.2, -0.15) is 0 Å². The van der Waals surface area contributed by atoms with Crippen LogP contribution in [0.1, 0.15) is 37.5 Å². The summed E-state index contributed by atoms with van der Waals surface area (Å²) < 4.78 is 0. The Morgan fingerprint density at radius 2 is 1.50 bits per heavy atom. The van der Waals surface area contributed by atoms with E-state index in [0.717, 1.165) is 5.56 Å². The van der Waals surface area contributed by atoms with Crippen LogP contribution in [0.15, 0.2) is 18.2 Å². The predicted molar refractivity (Wildman–Crippen MR) is 68.3 cm³/mol. The van der Waals surface area contributed by atoms with Crippen molar-refractivity contribution in [1.29, 1.82) is 0 Å². The van der Waals surface area contributed by atoms with Crippen LogP contribution in [-0.2, 0) is 5.60 Å². The van der Waals surface area contributed by atoms with Gasteiger partial charge in [0.15, 0.2) is 0 Å². The highest BCUT2D eigenvalue weighted by Gasteiger charge is 2.39. The van der Waals surface area contributed by atoms with Crippen LogP contribution in [0.2, 0.25) is 0 Å².